The maximum absolute atomic E-state index is 9.06. The molecule has 0 amide bonds. The zero-order valence-electron chi connectivity index (χ0n) is 9.23. The van der Waals surface area contributed by atoms with E-state index >= 15 is 0 Å². The van der Waals surface area contributed by atoms with E-state index in [1.807, 2.05) is 34.7 Å². The summed E-state index contributed by atoms with van der Waals surface area (Å²) in [7, 11) is 1.93. The molecule has 0 aromatic rings. The largest absolute Gasteiger partial charge is 0.512 e. The van der Waals surface area contributed by atoms with Crippen LogP contribution in [0.15, 0.2) is 11.8 Å². The normalized spacial score (nSPS) is 12.0. The lowest BCUT2D eigenvalue weighted by Gasteiger charge is -2.16. The van der Waals surface area contributed by atoms with Crippen molar-refractivity contribution >= 4 is 0 Å². The Kier molecular flexibility index (Phi) is 8.39. The molecule has 74 valence electrons. The van der Waals surface area contributed by atoms with Crippen LogP contribution in [0.4, 0.5) is 0 Å². The van der Waals surface area contributed by atoms with Crippen LogP contribution in [0.5, 0.6) is 0 Å². The molecule has 0 aliphatic heterocycles. The highest BCUT2D eigenvalue weighted by Crippen LogP contribution is 2.21. The summed E-state index contributed by atoms with van der Waals surface area (Å²) in [5.41, 5.74) is -0.0747. The zero-order chi connectivity index (χ0) is 10.2. The molecule has 0 unspecified atom stereocenters. The van der Waals surface area contributed by atoms with E-state index in [-0.39, 0.29) is 5.41 Å². The van der Waals surface area contributed by atoms with Crippen molar-refractivity contribution in [2.75, 3.05) is 13.6 Å². The Bertz CT molecular complexity index is 120. The predicted molar refractivity (Wildman–Crippen MR) is 55.4 cm³/mol. The molecule has 0 aliphatic carbocycles. The van der Waals surface area contributed by atoms with Gasteiger partial charge in [-0.25, -0.2) is 0 Å². The molecule has 0 spiro atoms. The van der Waals surface area contributed by atoms with E-state index in [0.717, 1.165) is 6.54 Å². The summed E-state index contributed by atoms with van der Waals surface area (Å²) in [6.07, 6.45) is 1.72. The fourth-order valence-electron chi connectivity index (χ4n) is 0.433. The van der Waals surface area contributed by atoms with Crippen molar-refractivity contribution in [3.05, 3.63) is 11.8 Å². The number of nitrogens with one attached hydrogen (secondary N) is 1. The molecule has 12 heavy (non-hydrogen) atoms. The molecule has 0 aromatic heterocycles. The quantitative estimate of drug-likeness (QED) is 0.598. The van der Waals surface area contributed by atoms with Gasteiger partial charge in [-0.2, -0.15) is 0 Å². The van der Waals surface area contributed by atoms with Gasteiger partial charge in [-0.3, -0.25) is 0 Å². The minimum atomic E-state index is -0.0747. The molecular weight excluding hydrogens is 150 g/mol. The first kappa shape index (κ1) is 14.0. The molecule has 0 radical (unpaired) electrons. The third-order valence-corrected chi connectivity index (χ3v) is 1.40. The maximum atomic E-state index is 9.06. The highest BCUT2D eigenvalue weighted by molar-refractivity contribution is 4.98. The lowest BCUT2D eigenvalue weighted by molar-refractivity contribution is 0.276. The average molecular weight is 173 g/mol. The van der Waals surface area contributed by atoms with Crippen LogP contribution in [-0.2, 0) is 0 Å². The van der Waals surface area contributed by atoms with Crippen LogP contribution in [0.2, 0.25) is 0 Å². The number of rotatable bonds is 1. The van der Waals surface area contributed by atoms with Gasteiger partial charge in [-0.15, -0.1) is 0 Å². The van der Waals surface area contributed by atoms with Gasteiger partial charge >= 0.3 is 0 Å². The molecule has 0 rings (SSSR count). The van der Waals surface area contributed by atoms with Gasteiger partial charge in [0.1, 0.15) is 0 Å². The molecule has 0 heterocycles. The van der Waals surface area contributed by atoms with E-state index in [1.54, 1.807) is 6.08 Å². The fraction of sp³-hybridized carbons (Fsp3) is 0.800. The highest BCUT2D eigenvalue weighted by atomic mass is 16.3. The highest BCUT2D eigenvalue weighted by Gasteiger charge is 2.13. The fourth-order valence-corrected chi connectivity index (χ4v) is 0.433. The standard InChI is InChI=1S/C7H14O.C3H9N/c1-5-6(8)7(2,3)4;1-3-4-2/h5,8H,1-4H3;4H,3H2,1-2H3/b6-5-;. The second-order valence-corrected chi connectivity index (χ2v) is 3.63. The minimum Gasteiger partial charge on any atom is -0.512 e. The van der Waals surface area contributed by atoms with E-state index in [1.165, 1.54) is 0 Å². The minimum absolute atomic E-state index is 0.0747. The molecule has 0 bridgehead atoms. The first-order valence-corrected chi connectivity index (χ1v) is 4.40. The van der Waals surface area contributed by atoms with E-state index in [9.17, 15) is 0 Å². The molecule has 0 atom stereocenters. The molecule has 2 heteroatoms. The second-order valence-electron chi connectivity index (χ2n) is 3.63. The Morgan fingerprint density at radius 2 is 1.75 bits per heavy atom. The topological polar surface area (TPSA) is 32.3 Å². The van der Waals surface area contributed by atoms with Crippen molar-refractivity contribution < 1.29 is 5.11 Å². The summed E-state index contributed by atoms with van der Waals surface area (Å²) in [4.78, 5) is 0. The summed E-state index contributed by atoms with van der Waals surface area (Å²) in [5, 5.41) is 12.0. The smallest absolute Gasteiger partial charge is 0.0933 e. The van der Waals surface area contributed by atoms with Crippen LogP contribution in [-0.4, -0.2) is 18.7 Å². The van der Waals surface area contributed by atoms with Crippen LogP contribution in [0.1, 0.15) is 34.6 Å². The SMILES string of the molecule is C/C=C(\O)C(C)(C)C.CCNC. The van der Waals surface area contributed by atoms with Crippen molar-refractivity contribution in [1.29, 1.82) is 0 Å². The van der Waals surface area contributed by atoms with Gasteiger partial charge in [0.05, 0.1) is 5.76 Å². The van der Waals surface area contributed by atoms with E-state index in [0.29, 0.717) is 5.76 Å². The van der Waals surface area contributed by atoms with Crippen LogP contribution in [0.25, 0.3) is 0 Å². The van der Waals surface area contributed by atoms with Gasteiger partial charge in [-0.05, 0) is 26.6 Å². The summed E-state index contributed by atoms with van der Waals surface area (Å²) in [5.74, 6) is 0.456. The first-order chi connectivity index (χ1) is 5.40. The van der Waals surface area contributed by atoms with E-state index in [4.69, 9.17) is 5.11 Å². The van der Waals surface area contributed by atoms with Crippen molar-refractivity contribution in [3.63, 3.8) is 0 Å². The zero-order valence-corrected chi connectivity index (χ0v) is 9.23. The molecule has 0 fully saturated rings. The number of hydrogen-bond acceptors (Lipinski definition) is 2. The Balaban J connectivity index is 0. The van der Waals surface area contributed by atoms with Crippen molar-refractivity contribution in [3.8, 4) is 0 Å². The number of hydrogen-bond donors (Lipinski definition) is 2. The average Bonchev–Trinajstić information content (AvgIpc) is 2.02. The van der Waals surface area contributed by atoms with Crippen LogP contribution in [0.3, 0.4) is 0 Å². The third-order valence-electron chi connectivity index (χ3n) is 1.40. The summed E-state index contributed by atoms with van der Waals surface area (Å²) < 4.78 is 0. The van der Waals surface area contributed by atoms with Gasteiger partial charge in [-0.1, -0.05) is 27.7 Å². The van der Waals surface area contributed by atoms with Crippen LogP contribution in [0, 0.1) is 5.41 Å². The van der Waals surface area contributed by atoms with Gasteiger partial charge in [0, 0.05) is 5.41 Å². The van der Waals surface area contributed by atoms with Crippen LogP contribution >= 0.6 is 0 Å². The summed E-state index contributed by atoms with van der Waals surface area (Å²) >= 11 is 0. The van der Waals surface area contributed by atoms with Gasteiger partial charge < -0.3 is 10.4 Å². The number of aliphatic hydroxyl groups excluding tert-OH is 1. The molecule has 0 aromatic carbocycles. The number of aliphatic hydroxyl groups is 1. The van der Waals surface area contributed by atoms with E-state index < -0.39 is 0 Å². The first-order valence-electron chi connectivity index (χ1n) is 4.40. The third kappa shape index (κ3) is 9.50. The molecule has 0 saturated heterocycles. The Labute approximate surface area is 76.7 Å². The maximum Gasteiger partial charge on any atom is 0.0933 e. The van der Waals surface area contributed by atoms with Crippen molar-refractivity contribution in [2.45, 2.75) is 34.6 Å². The van der Waals surface area contributed by atoms with E-state index in [2.05, 4.69) is 12.2 Å². The van der Waals surface area contributed by atoms with Crippen molar-refractivity contribution in [1.82, 2.24) is 5.32 Å². The predicted octanol–water partition coefficient (Wildman–Crippen LogP) is 2.72. The second kappa shape index (κ2) is 7.17. The molecular formula is C10H23NO. The Morgan fingerprint density at radius 1 is 1.42 bits per heavy atom. The Hall–Kier alpha value is -0.500. The summed E-state index contributed by atoms with van der Waals surface area (Å²) in [6, 6.07) is 0. The monoisotopic (exact) mass is 173 g/mol. The lowest BCUT2D eigenvalue weighted by Crippen LogP contribution is -2.07. The van der Waals surface area contributed by atoms with Gasteiger partial charge in [0.15, 0.2) is 0 Å². The Morgan fingerprint density at radius 3 is 1.75 bits per heavy atom. The van der Waals surface area contributed by atoms with Gasteiger partial charge in [0.25, 0.3) is 0 Å². The summed E-state index contributed by atoms with van der Waals surface area (Å²) in [6.45, 7) is 10.9. The molecule has 0 aliphatic rings. The molecule has 2 nitrogen and oxygen atoms in total. The molecule has 0 saturated carbocycles. The van der Waals surface area contributed by atoms with Gasteiger partial charge in [0.2, 0.25) is 0 Å². The lowest BCUT2D eigenvalue weighted by atomic mass is 9.94. The molecule has 2 N–H and O–H groups in total. The van der Waals surface area contributed by atoms with Crippen LogP contribution < -0.4 is 5.32 Å². The van der Waals surface area contributed by atoms with Crippen molar-refractivity contribution in [2.24, 2.45) is 5.41 Å². The number of allylic oxidation sites excluding steroid dienone is 2.